The number of hydrogen-bond acceptors (Lipinski definition) is 6. The summed E-state index contributed by atoms with van der Waals surface area (Å²) in [5, 5.41) is 19.1. The smallest absolute Gasteiger partial charge is 0.388 e. The Morgan fingerprint density at radius 2 is 1.77 bits per heavy atom. The molecule has 0 spiro atoms. The van der Waals surface area contributed by atoms with Gasteiger partial charge in [0.15, 0.2) is 6.23 Å². The van der Waals surface area contributed by atoms with Gasteiger partial charge in [-0.2, -0.15) is 4.39 Å². The highest BCUT2D eigenvalue weighted by molar-refractivity contribution is 7.45. The average Bonchev–Trinajstić information content (AvgIpc) is 2.60. The van der Waals surface area contributed by atoms with E-state index in [-0.39, 0.29) is 0 Å². The second-order valence-corrected chi connectivity index (χ2v) is 5.40. The van der Waals surface area contributed by atoms with Gasteiger partial charge >= 0.3 is 13.5 Å². The van der Waals surface area contributed by atoms with Crippen LogP contribution in [-0.4, -0.2) is 52.8 Å². The van der Waals surface area contributed by atoms with Gasteiger partial charge in [0.05, 0.1) is 12.3 Å². The minimum absolute atomic E-state index is 0.639. The number of aromatic amines is 1. The summed E-state index contributed by atoms with van der Waals surface area (Å²) in [6.45, 7) is 1.50. The molecule has 6 N–H and O–H groups in total. The first kappa shape index (κ1) is 18.6. The van der Waals surface area contributed by atoms with Gasteiger partial charge in [-0.15, -0.1) is 0 Å². The zero-order valence-electron chi connectivity index (χ0n) is 11.0. The van der Waals surface area contributed by atoms with Gasteiger partial charge < -0.3 is 29.6 Å². The molecule has 1 saturated heterocycles. The average molecular weight is 344 g/mol. The van der Waals surface area contributed by atoms with Gasteiger partial charge in [-0.3, -0.25) is 14.3 Å². The largest absolute Gasteiger partial charge is 0.466 e. The lowest BCUT2D eigenvalue weighted by molar-refractivity contribution is -0.0356. The van der Waals surface area contributed by atoms with E-state index in [1.807, 2.05) is 0 Å². The van der Waals surface area contributed by atoms with Crippen LogP contribution in [0.25, 0.3) is 0 Å². The van der Waals surface area contributed by atoms with Crippen molar-refractivity contribution in [2.24, 2.45) is 0 Å². The molecule has 0 radical (unpaired) electrons. The molecule has 1 aromatic heterocycles. The maximum atomic E-state index is 13.0. The summed E-state index contributed by atoms with van der Waals surface area (Å²) in [6.07, 6.45) is -3.83. The summed E-state index contributed by atoms with van der Waals surface area (Å²) in [7, 11) is -4.64. The van der Waals surface area contributed by atoms with Crippen molar-refractivity contribution in [1.82, 2.24) is 9.55 Å². The molecular weight excluding hydrogens is 330 g/mol. The third-order valence-electron chi connectivity index (χ3n) is 2.68. The van der Waals surface area contributed by atoms with E-state index in [1.54, 1.807) is 4.98 Å². The Morgan fingerprint density at radius 3 is 2.18 bits per heavy atom. The number of ether oxygens (including phenoxy) is 1. The van der Waals surface area contributed by atoms with E-state index in [1.165, 1.54) is 6.92 Å². The van der Waals surface area contributed by atoms with Crippen LogP contribution >= 0.6 is 7.82 Å². The van der Waals surface area contributed by atoms with E-state index in [0.717, 1.165) is 0 Å². The fraction of sp³-hybridized carbons (Fsp3) is 0.556. The standard InChI is InChI=1S/C9H11FN2O5.H3O4P/c1-3-5(13)6(14)8(17-3)12-2-4(10)7(15)11-9(12)16;1-5(2,3)4/h2-3,5-6,8,13-14H,1H3,(H,11,15,16);(H3,1,2,3,4)/t3-,5-,6-,8-;/m1./s1. The molecule has 126 valence electrons. The number of aliphatic hydroxyl groups is 2. The lowest BCUT2D eigenvalue weighted by atomic mass is 10.1. The number of halogens is 1. The molecule has 11 nitrogen and oxygen atoms in total. The third kappa shape index (κ3) is 4.81. The Balaban J connectivity index is 0.000000422. The van der Waals surface area contributed by atoms with Crippen molar-refractivity contribution < 1.29 is 38.6 Å². The number of aromatic nitrogens is 2. The first-order chi connectivity index (χ1) is 9.91. The number of nitrogens with one attached hydrogen (secondary N) is 1. The van der Waals surface area contributed by atoms with Gasteiger partial charge in [0.1, 0.15) is 12.2 Å². The maximum absolute atomic E-state index is 13.0. The highest BCUT2D eigenvalue weighted by Gasteiger charge is 2.41. The Bertz CT molecular complexity index is 674. The van der Waals surface area contributed by atoms with Gasteiger partial charge in [-0.05, 0) is 6.92 Å². The monoisotopic (exact) mass is 344 g/mol. The first-order valence-corrected chi connectivity index (χ1v) is 7.29. The first-order valence-electron chi connectivity index (χ1n) is 5.72. The molecular formula is C9H14FN2O9P. The number of hydrogen-bond donors (Lipinski definition) is 6. The van der Waals surface area contributed by atoms with Gasteiger partial charge in [0.25, 0.3) is 5.56 Å². The van der Waals surface area contributed by atoms with Crippen LogP contribution in [0.1, 0.15) is 13.2 Å². The van der Waals surface area contributed by atoms with E-state index in [2.05, 4.69) is 0 Å². The Morgan fingerprint density at radius 1 is 1.27 bits per heavy atom. The Labute approximate surface area is 121 Å². The quantitative estimate of drug-likeness (QED) is 0.297. The molecule has 4 atom stereocenters. The SMILES string of the molecule is C[C@H]1O[C@@H](n2cc(F)c(=O)[nH]c2=O)[C@H](O)[C@@H]1O.O=P(O)(O)O. The van der Waals surface area contributed by atoms with Crippen LogP contribution in [-0.2, 0) is 9.30 Å². The number of phosphoric acid groups is 1. The predicted molar refractivity (Wildman–Crippen MR) is 67.1 cm³/mol. The molecule has 1 aliphatic rings. The normalized spacial score (nSPS) is 28.1. The van der Waals surface area contributed by atoms with Gasteiger partial charge in [0.2, 0.25) is 5.82 Å². The summed E-state index contributed by atoms with van der Waals surface area (Å²) in [6, 6.07) is 0. The van der Waals surface area contributed by atoms with E-state index in [0.29, 0.717) is 10.8 Å². The van der Waals surface area contributed by atoms with E-state index in [9.17, 15) is 24.2 Å². The third-order valence-corrected chi connectivity index (χ3v) is 2.68. The highest BCUT2D eigenvalue weighted by Crippen LogP contribution is 2.27. The molecule has 0 aromatic carbocycles. The summed E-state index contributed by atoms with van der Waals surface area (Å²) >= 11 is 0. The van der Waals surface area contributed by atoms with Crippen LogP contribution < -0.4 is 11.2 Å². The van der Waals surface area contributed by atoms with Crippen LogP contribution in [0, 0.1) is 5.82 Å². The van der Waals surface area contributed by atoms with E-state index < -0.39 is 49.4 Å². The van der Waals surface area contributed by atoms with Crippen LogP contribution in [0.5, 0.6) is 0 Å². The lowest BCUT2D eigenvalue weighted by Gasteiger charge is -2.16. The molecule has 2 rings (SSSR count). The summed E-state index contributed by atoms with van der Waals surface area (Å²) in [5.74, 6) is -1.17. The minimum Gasteiger partial charge on any atom is -0.388 e. The Kier molecular flexibility index (Phi) is 5.76. The molecule has 2 heterocycles. The molecule has 1 aromatic rings. The van der Waals surface area contributed by atoms with E-state index in [4.69, 9.17) is 24.0 Å². The highest BCUT2D eigenvalue weighted by atomic mass is 31.2. The molecule has 0 aliphatic carbocycles. The van der Waals surface area contributed by atoms with Crippen LogP contribution in [0.4, 0.5) is 4.39 Å². The van der Waals surface area contributed by atoms with E-state index >= 15 is 0 Å². The number of nitrogens with zero attached hydrogens (tertiary/aromatic N) is 1. The zero-order chi connectivity index (χ0) is 17.2. The zero-order valence-corrected chi connectivity index (χ0v) is 11.9. The molecule has 0 bridgehead atoms. The fourth-order valence-corrected chi connectivity index (χ4v) is 1.71. The van der Waals surface area contributed by atoms with Crippen LogP contribution in [0.15, 0.2) is 15.8 Å². The molecule has 0 saturated carbocycles. The molecule has 1 fully saturated rings. The number of H-pyrrole nitrogens is 1. The van der Waals surface area contributed by atoms with Crippen molar-refractivity contribution in [3.05, 3.63) is 32.9 Å². The predicted octanol–water partition coefficient (Wildman–Crippen LogP) is -2.61. The van der Waals surface area contributed by atoms with Crippen molar-refractivity contribution in [2.45, 2.75) is 31.5 Å². The van der Waals surface area contributed by atoms with Crippen molar-refractivity contribution >= 4 is 7.82 Å². The summed E-state index contributed by atoms with van der Waals surface area (Å²) in [5.41, 5.74) is -2.06. The molecule has 1 aliphatic heterocycles. The minimum atomic E-state index is -4.64. The number of rotatable bonds is 1. The van der Waals surface area contributed by atoms with Gasteiger partial charge in [0, 0.05) is 0 Å². The second kappa shape index (κ2) is 6.79. The summed E-state index contributed by atoms with van der Waals surface area (Å²) < 4.78 is 27.7. The number of aliphatic hydroxyl groups excluding tert-OH is 2. The molecule has 22 heavy (non-hydrogen) atoms. The molecule has 13 heteroatoms. The summed E-state index contributed by atoms with van der Waals surface area (Å²) in [4.78, 5) is 45.5. The lowest BCUT2D eigenvalue weighted by Crippen LogP contribution is -2.38. The van der Waals surface area contributed by atoms with Crippen molar-refractivity contribution in [3.8, 4) is 0 Å². The van der Waals surface area contributed by atoms with Crippen LogP contribution in [0.2, 0.25) is 0 Å². The maximum Gasteiger partial charge on any atom is 0.466 e. The Hall–Kier alpha value is -1.40. The fourth-order valence-electron chi connectivity index (χ4n) is 1.71. The van der Waals surface area contributed by atoms with Crippen molar-refractivity contribution in [3.63, 3.8) is 0 Å². The molecule has 0 unspecified atom stereocenters. The second-order valence-electron chi connectivity index (χ2n) is 4.37. The van der Waals surface area contributed by atoms with Gasteiger partial charge in [-0.1, -0.05) is 0 Å². The topological polar surface area (TPSA) is 182 Å². The molecule has 0 amide bonds. The van der Waals surface area contributed by atoms with Crippen molar-refractivity contribution in [2.75, 3.05) is 0 Å². The van der Waals surface area contributed by atoms with Crippen LogP contribution in [0.3, 0.4) is 0 Å². The van der Waals surface area contributed by atoms with Crippen molar-refractivity contribution in [1.29, 1.82) is 0 Å². The van der Waals surface area contributed by atoms with Gasteiger partial charge in [-0.25, -0.2) is 9.36 Å².